The maximum absolute atomic E-state index is 13.8. The third-order valence-corrected chi connectivity index (χ3v) is 7.49. The second-order valence-corrected chi connectivity index (χ2v) is 10.1. The molecule has 2 heterocycles. The zero-order valence-corrected chi connectivity index (χ0v) is 21.9. The van der Waals surface area contributed by atoms with Gasteiger partial charge in [0.15, 0.2) is 0 Å². The highest BCUT2D eigenvalue weighted by atomic mass is 16.5. The Labute approximate surface area is 214 Å². The van der Waals surface area contributed by atoms with Crippen LogP contribution in [0, 0.1) is 0 Å². The number of fused-ring (bicyclic) bond motifs is 1. The smallest absolute Gasteiger partial charge is 0.273 e. The molecule has 1 aromatic heterocycles. The molecule has 1 fully saturated rings. The molecule has 1 unspecified atom stereocenters. The number of hydrogen-bond acceptors (Lipinski definition) is 5. The van der Waals surface area contributed by atoms with Crippen molar-refractivity contribution in [3.63, 3.8) is 0 Å². The first-order valence-corrected chi connectivity index (χ1v) is 13.4. The van der Waals surface area contributed by atoms with Crippen LogP contribution in [0.2, 0.25) is 0 Å². The molecule has 0 radical (unpaired) electrons. The van der Waals surface area contributed by atoms with E-state index in [1.807, 2.05) is 44.2 Å². The second-order valence-electron chi connectivity index (χ2n) is 10.1. The van der Waals surface area contributed by atoms with Gasteiger partial charge in [-0.15, -0.1) is 0 Å². The van der Waals surface area contributed by atoms with Gasteiger partial charge in [0.2, 0.25) is 5.91 Å². The molecule has 0 saturated heterocycles. The molecule has 1 aromatic carbocycles. The molecule has 0 spiro atoms. The Balaban J connectivity index is 1.60. The summed E-state index contributed by atoms with van der Waals surface area (Å²) in [6.07, 6.45) is 8.64. The van der Waals surface area contributed by atoms with Gasteiger partial charge in [0.1, 0.15) is 17.0 Å². The highest BCUT2D eigenvalue weighted by Gasteiger charge is 2.48. The van der Waals surface area contributed by atoms with E-state index in [9.17, 15) is 9.59 Å². The van der Waals surface area contributed by atoms with Gasteiger partial charge >= 0.3 is 0 Å². The van der Waals surface area contributed by atoms with Crippen molar-refractivity contribution >= 4 is 11.8 Å². The summed E-state index contributed by atoms with van der Waals surface area (Å²) >= 11 is 0. The maximum atomic E-state index is 13.8. The van der Waals surface area contributed by atoms with Gasteiger partial charge in [-0.2, -0.15) is 5.10 Å². The average Bonchev–Trinajstić information content (AvgIpc) is 3.29. The fraction of sp³-hybridized carbons (Fsp3) is 0.607. The van der Waals surface area contributed by atoms with Gasteiger partial charge in [0.05, 0.1) is 19.3 Å². The lowest BCUT2D eigenvalue weighted by molar-refractivity contribution is -0.134. The lowest BCUT2D eigenvalue weighted by atomic mass is 9.92. The van der Waals surface area contributed by atoms with Gasteiger partial charge in [0.25, 0.3) is 5.91 Å². The standard InChI is InChI=1S/C28H40N4O4/c1-4-36-18-10-17-31-26(33)25-19-24(21-13-15-23(35-3)16-14-21)30-32(25)20-28(31,2)27(34)29-22-11-8-6-5-7-9-12-22/h13-16,19,22H,4-12,17-18,20H2,1-3H3,(H,29,34). The molecule has 4 rings (SSSR count). The van der Waals surface area contributed by atoms with Crippen molar-refractivity contribution < 1.29 is 19.1 Å². The predicted octanol–water partition coefficient (Wildman–Crippen LogP) is 4.43. The van der Waals surface area contributed by atoms with E-state index >= 15 is 0 Å². The number of nitrogens with one attached hydrogen (secondary N) is 1. The summed E-state index contributed by atoms with van der Waals surface area (Å²) in [7, 11) is 1.63. The lowest BCUT2D eigenvalue weighted by Crippen LogP contribution is -2.65. The number of aromatic nitrogens is 2. The number of amides is 2. The van der Waals surface area contributed by atoms with E-state index in [-0.39, 0.29) is 17.9 Å². The molecule has 1 N–H and O–H groups in total. The van der Waals surface area contributed by atoms with Gasteiger partial charge in [0, 0.05) is 31.4 Å². The van der Waals surface area contributed by atoms with Crippen LogP contribution in [0.25, 0.3) is 11.3 Å². The summed E-state index contributed by atoms with van der Waals surface area (Å²) in [6.45, 7) is 5.79. The number of hydrogen-bond donors (Lipinski definition) is 1. The van der Waals surface area contributed by atoms with Gasteiger partial charge in [-0.1, -0.05) is 32.1 Å². The Bertz CT molecular complexity index is 1030. The molecule has 1 aliphatic carbocycles. The fourth-order valence-corrected chi connectivity index (χ4v) is 5.30. The molecule has 8 nitrogen and oxygen atoms in total. The molecule has 36 heavy (non-hydrogen) atoms. The van der Waals surface area contributed by atoms with Crippen molar-refractivity contribution in [2.45, 2.75) is 83.3 Å². The minimum absolute atomic E-state index is 0.0926. The lowest BCUT2D eigenvalue weighted by Gasteiger charge is -2.44. The summed E-state index contributed by atoms with van der Waals surface area (Å²) < 4.78 is 12.5. The van der Waals surface area contributed by atoms with E-state index in [1.54, 1.807) is 16.7 Å². The van der Waals surface area contributed by atoms with Crippen LogP contribution < -0.4 is 10.1 Å². The Morgan fingerprint density at radius 2 is 1.83 bits per heavy atom. The first kappa shape index (κ1) is 26.2. The number of methoxy groups -OCH3 is 1. The third-order valence-electron chi connectivity index (χ3n) is 7.49. The normalized spacial score (nSPS) is 21.0. The molecule has 196 valence electrons. The SMILES string of the molecule is CCOCCCN1C(=O)c2cc(-c3ccc(OC)cc3)nn2CC1(C)C(=O)NC1CCCCCCC1. The number of benzene rings is 1. The Morgan fingerprint density at radius 1 is 1.14 bits per heavy atom. The first-order valence-electron chi connectivity index (χ1n) is 13.4. The molecular weight excluding hydrogens is 456 g/mol. The second kappa shape index (κ2) is 11.9. The summed E-state index contributed by atoms with van der Waals surface area (Å²) in [5, 5.41) is 8.06. The Kier molecular flexibility index (Phi) is 8.67. The van der Waals surface area contributed by atoms with Crippen molar-refractivity contribution in [1.29, 1.82) is 0 Å². The summed E-state index contributed by atoms with van der Waals surface area (Å²) in [5.74, 6) is 0.503. The Hall–Kier alpha value is -2.87. The van der Waals surface area contributed by atoms with Crippen LogP contribution in [0.1, 0.15) is 75.7 Å². The highest BCUT2D eigenvalue weighted by Crippen LogP contribution is 2.31. The number of carbonyl (C=O) groups excluding carboxylic acids is 2. The van der Waals surface area contributed by atoms with Crippen LogP contribution in [-0.2, 0) is 16.1 Å². The number of ether oxygens (including phenoxy) is 2. The number of carbonyl (C=O) groups is 2. The van der Waals surface area contributed by atoms with Crippen molar-refractivity contribution in [2.75, 3.05) is 26.9 Å². The predicted molar refractivity (Wildman–Crippen MR) is 139 cm³/mol. The quantitative estimate of drug-likeness (QED) is 0.519. The molecular formula is C28H40N4O4. The molecule has 1 saturated carbocycles. The van der Waals surface area contributed by atoms with Crippen molar-refractivity contribution in [2.24, 2.45) is 0 Å². The minimum Gasteiger partial charge on any atom is -0.497 e. The topological polar surface area (TPSA) is 85.7 Å². The largest absolute Gasteiger partial charge is 0.497 e. The van der Waals surface area contributed by atoms with Crippen LogP contribution in [0.5, 0.6) is 5.75 Å². The average molecular weight is 497 g/mol. The molecule has 8 heteroatoms. The Morgan fingerprint density at radius 3 is 2.50 bits per heavy atom. The molecule has 2 amide bonds. The fourth-order valence-electron chi connectivity index (χ4n) is 5.30. The van der Waals surface area contributed by atoms with Gasteiger partial charge in [-0.25, -0.2) is 0 Å². The van der Waals surface area contributed by atoms with E-state index in [0.717, 1.165) is 37.0 Å². The highest BCUT2D eigenvalue weighted by molar-refractivity contribution is 6.00. The van der Waals surface area contributed by atoms with Gasteiger partial charge < -0.3 is 19.7 Å². The van der Waals surface area contributed by atoms with E-state index in [4.69, 9.17) is 14.6 Å². The van der Waals surface area contributed by atoms with E-state index in [1.165, 1.54) is 19.3 Å². The van der Waals surface area contributed by atoms with Crippen molar-refractivity contribution in [1.82, 2.24) is 20.0 Å². The molecule has 1 atom stereocenters. The van der Waals surface area contributed by atoms with Crippen LogP contribution in [0.15, 0.2) is 30.3 Å². The molecule has 1 aliphatic heterocycles. The first-order chi connectivity index (χ1) is 17.5. The van der Waals surface area contributed by atoms with Crippen LogP contribution in [-0.4, -0.2) is 64.9 Å². The van der Waals surface area contributed by atoms with E-state index in [2.05, 4.69) is 5.32 Å². The third kappa shape index (κ3) is 5.75. The van der Waals surface area contributed by atoms with E-state index in [0.29, 0.717) is 44.1 Å². The summed E-state index contributed by atoms with van der Waals surface area (Å²) in [5.41, 5.74) is 1.09. The molecule has 2 aliphatic rings. The maximum Gasteiger partial charge on any atom is 0.273 e. The van der Waals surface area contributed by atoms with E-state index < -0.39 is 5.54 Å². The number of rotatable bonds is 9. The minimum atomic E-state index is -1.03. The summed E-state index contributed by atoms with van der Waals surface area (Å²) in [6, 6.07) is 9.59. The zero-order chi connectivity index (χ0) is 25.5. The van der Waals surface area contributed by atoms with Crippen molar-refractivity contribution in [3.8, 4) is 17.0 Å². The zero-order valence-electron chi connectivity index (χ0n) is 21.9. The van der Waals surface area contributed by atoms with Crippen LogP contribution in [0.3, 0.4) is 0 Å². The van der Waals surface area contributed by atoms with Crippen LogP contribution >= 0.6 is 0 Å². The van der Waals surface area contributed by atoms with Gasteiger partial charge in [-0.05, 0) is 63.4 Å². The monoisotopic (exact) mass is 496 g/mol. The van der Waals surface area contributed by atoms with Gasteiger partial charge in [-0.3, -0.25) is 14.3 Å². The number of nitrogens with zero attached hydrogens (tertiary/aromatic N) is 3. The summed E-state index contributed by atoms with van der Waals surface area (Å²) in [4.78, 5) is 29.3. The van der Waals surface area contributed by atoms with Crippen molar-refractivity contribution in [3.05, 3.63) is 36.0 Å². The molecule has 0 bridgehead atoms. The van der Waals surface area contributed by atoms with Crippen LogP contribution in [0.4, 0.5) is 0 Å². The molecule has 2 aromatic rings.